The minimum Gasteiger partial charge on any atom is -0.491 e. The molecule has 0 bridgehead atoms. The molecule has 2 nitrogen and oxygen atoms in total. The van der Waals surface area contributed by atoms with Gasteiger partial charge in [0.1, 0.15) is 12.4 Å². The second-order valence-corrected chi connectivity index (χ2v) is 10.6. The molecule has 202 valence electrons. The van der Waals surface area contributed by atoms with E-state index < -0.39 is 5.41 Å². The molecule has 41 heavy (non-hydrogen) atoms. The third kappa shape index (κ3) is 5.39. The van der Waals surface area contributed by atoms with E-state index in [-0.39, 0.29) is 19.1 Å². The summed E-state index contributed by atoms with van der Waals surface area (Å²) in [5.74, 6) is 1.00. The molecule has 0 aliphatic heterocycles. The van der Waals surface area contributed by atoms with E-state index in [1.807, 2.05) is 18.2 Å². The van der Waals surface area contributed by atoms with Gasteiger partial charge in [-0.1, -0.05) is 140 Å². The summed E-state index contributed by atoms with van der Waals surface area (Å²) in [7, 11) is 0. The second-order valence-electron chi connectivity index (χ2n) is 10.6. The zero-order valence-electron chi connectivity index (χ0n) is 23.3. The fourth-order valence-electron chi connectivity index (χ4n) is 5.82. The molecule has 1 aliphatic rings. The Kier molecular flexibility index (Phi) is 7.67. The Morgan fingerprint density at radius 2 is 1.24 bits per heavy atom. The van der Waals surface area contributed by atoms with Crippen LogP contribution in [-0.2, 0) is 5.41 Å². The number of hydrogen-bond acceptors (Lipinski definition) is 2. The van der Waals surface area contributed by atoms with Crippen molar-refractivity contribution in [2.45, 2.75) is 18.3 Å². The van der Waals surface area contributed by atoms with E-state index in [9.17, 15) is 5.11 Å². The molecule has 0 amide bonds. The van der Waals surface area contributed by atoms with Crippen LogP contribution < -0.4 is 4.74 Å². The molecule has 0 spiro atoms. The van der Waals surface area contributed by atoms with Crippen LogP contribution in [0.2, 0.25) is 0 Å². The molecule has 2 atom stereocenters. The van der Waals surface area contributed by atoms with Gasteiger partial charge in [0, 0.05) is 16.9 Å². The van der Waals surface area contributed by atoms with Gasteiger partial charge in [-0.05, 0) is 58.0 Å². The molecule has 2 heteroatoms. The van der Waals surface area contributed by atoms with Crippen molar-refractivity contribution < 1.29 is 9.84 Å². The highest BCUT2D eigenvalue weighted by Gasteiger charge is 2.35. The number of hydrogen-bond donors (Lipinski definition) is 1. The van der Waals surface area contributed by atoms with Gasteiger partial charge in [0.15, 0.2) is 0 Å². The van der Waals surface area contributed by atoms with Crippen molar-refractivity contribution in [2.75, 3.05) is 13.2 Å². The van der Waals surface area contributed by atoms with Crippen molar-refractivity contribution >= 4 is 0 Å². The molecule has 2 unspecified atom stereocenters. The van der Waals surface area contributed by atoms with E-state index in [0.29, 0.717) is 0 Å². The molecule has 5 aromatic rings. The quantitative estimate of drug-likeness (QED) is 0.204. The molecular formula is C39H34O2. The topological polar surface area (TPSA) is 29.5 Å². The smallest absolute Gasteiger partial charge is 0.127 e. The normalized spacial score (nSPS) is 15.8. The Hall–Kier alpha value is -4.66. The van der Waals surface area contributed by atoms with E-state index in [2.05, 4.69) is 140 Å². The van der Waals surface area contributed by atoms with Crippen LogP contribution >= 0.6 is 0 Å². The van der Waals surface area contributed by atoms with E-state index >= 15 is 0 Å². The lowest BCUT2D eigenvalue weighted by atomic mass is 9.70. The fourth-order valence-corrected chi connectivity index (χ4v) is 5.82. The van der Waals surface area contributed by atoms with Crippen LogP contribution in [0.3, 0.4) is 0 Å². The predicted octanol–water partition coefficient (Wildman–Crippen LogP) is 8.98. The lowest BCUT2D eigenvalue weighted by Gasteiger charge is -2.33. The number of rotatable bonds is 9. The van der Waals surface area contributed by atoms with Gasteiger partial charge in [-0.2, -0.15) is 0 Å². The summed E-state index contributed by atoms with van der Waals surface area (Å²) >= 11 is 0. The average Bonchev–Trinajstić information content (AvgIpc) is 3.56. The van der Waals surface area contributed by atoms with Crippen molar-refractivity contribution in [3.8, 4) is 28.0 Å². The fraction of sp³-hybridized carbons (Fsp3) is 0.128. The van der Waals surface area contributed by atoms with Gasteiger partial charge >= 0.3 is 0 Å². The Morgan fingerprint density at radius 1 is 0.659 bits per heavy atom. The standard InChI is InChI=1S/C39H34O2/c1-39(35-22-19-33(27-35)30-13-7-3-8-14-30,34-20-17-31(18-21-34)29-11-5-2-6-12-29)36-23-24-38(41-26-25-40)37(28-36)32-15-9-4-10-16-32/h2-24,27-28,33,40H,25-26H2,1H3. The Labute approximate surface area is 242 Å². The van der Waals surface area contributed by atoms with Crippen LogP contribution in [0.25, 0.3) is 22.3 Å². The predicted molar refractivity (Wildman–Crippen MR) is 169 cm³/mol. The van der Waals surface area contributed by atoms with Gasteiger partial charge in [-0.25, -0.2) is 0 Å². The third-order valence-electron chi connectivity index (χ3n) is 8.16. The summed E-state index contributed by atoms with van der Waals surface area (Å²) in [6.45, 7) is 2.55. The van der Waals surface area contributed by atoms with Crippen LogP contribution in [0.15, 0.2) is 157 Å². The summed E-state index contributed by atoms with van der Waals surface area (Å²) in [6.07, 6.45) is 7.00. The van der Waals surface area contributed by atoms with Crippen molar-refractivity contribution in [3.05, 3.63) is 174 Å². The first-order valence-electron chi connectivity index (χ1n) is 14.2. The van der Waals surface area contributed by atoms with E-state index in [1.165, 1.54) is 33.4 Å². The van der Waals surface area contributed by atoms with Crippen LogP contribution in [0.5, 0.6) is 5.75 Å². The van der Waals surface area contributed by atoms with Gasteiger partial charge in [-0.15, -0.1) is 0 Å². The van der Waals surface area contributed by atoms with Gasteiger partial charge < -0.3 is 9.84 Å². The van der Waals surface area contributed by atoms with Gasteiger partial charge in [0.05, 0.1) is 6.61 Å². The third-order valence-corrected chi connectivity index (χ3v) is 8.16. The summed E-state index contributed by atoms with van der Waals surface area (Å²) in [5, 5.41) is 9.45. The molecule has 5 aromatic carbocycles. The van der Waals surface area contributed by atoms with Gasteiger partial charge in [0.25, 0.3) is 0 Å². The maximum Gasteiger partial charge on any atom is 0.127 e. The SMILES string of the molecule is CC(C1=CC(c2ccccc2)C=C1)(c1ccc(-c2ccccc2)cc1)c1ccc(OCCO)c(-c2ccccc2)c1. The van der Waals surface area contributed by atoms with Crippen molar-refractivity contribution in [1.29, 1.82) is 0 Å². The zero-order chi connectivity index (χ0) is 28.1. The van der Waals surface area contributed by atoms with E-state index in [0.717, 1.165) is 16.9 Å². The largest absolute Gasteiger partial charge is 0.491 e. The average molecular weight is 535 g/mol. The molecule has 0 radical (unpaired) electrons. The number of aliphatic hydroxyl groups excluding tert-OH is 1. The number of allylic oxidation sites excluding steroid dienone is 4. The van der Waals surface area contributed by atoms with Crippen molar-refractivity contribution in [2.24, 2.45) is 0 Å². The van der Waals surface area contributed by atoms with Crippen LogP contribution in [0.1, 0.15) is 29.5 Å². The Balaban J connectivity index is 1.49. The first kappa shape index (κ1) is 26.6. The monoisotopic (exact) mass is 534 g/mol. The zero-order valence-corrected chi connectivity index (χ0v) is 23.3. The van der Waals surface area contributed by atoms with E-state index in [4.69, 9.17) is 4.74 Å². The van der Waals surface area contributed by atoms with Crippen molar-refractivity contribution in [3.63, 3.8) is 0 Å². The molecule has 0 fully saturated rings. The number of benzene rings is 5. The minimum atomic E-state index is -0.408. The molecule has 6 rings (SSSR count). The summed E-state index contributed by atoms with van der Waals surface area (Å²) in [6, 6.07) is 47.0. The number of aliphatic hydroxyl groups is 1. The second kappa shape index (κ2) is 11.8. The van der Waals surface area contributed by atoms with Crippen LogP contribution in [-0.4, -0.2) is 18.3 Å². The minimum absolute atomic E-state index is 0.0278. The molecule has 1 N–H and O–H groups in total. The maximum absolute atomic E-state index is 9.45. The number of ether oxygens (including phenoxy) is 1. The van der Waals surface area contributed by atoms with Crippen molar-refractivity contribution in [1.82, 2.24) is 0 Å². The van der Waals surface area contributed by atoms with Crippen LogP contribution in [0, 0.1) is 0 Å². The highest BCUT2D eigenvalue weighted by atomic mass is 16.5. The molecule has 1 aliphatic carbocycles. The van der Waals surface area contributed by atoms with Gasteiger partial charge in [-0.3, -0.25) is 0 Å². The maximum atomic E-state index is 9.45. The summed E-state index contributed by atoms with van der Waals surface area (Å²) in [4.78, 5) is 0. The lowest BCUT2D eigenvalue weighted by molar-refractivity contribution is 0.202. The molecule has 0 saturated carbocycles. The van der Waals surface area contributed by atoms with E-state index in [1.54, 1.807) is 0 Å². The summed E-state index contributed by atoms with van der Waals surface area (Å²) in [5.41, 5.74) is 9.07. The highest BCUT2D eigenvalue weighted by molar-refractivity contribution is 5.73. The molecule has 0 saturated heterocycles. The summed E-state index contributed by atoms with van der Waals surface area (Å²) < 4.78 is 6.00. The molecule has 0 aromatic heterocycles. The Morgan fingerprint density at radius 3 is 1.90 bits per heavy atom. The first-order chi connectivity index (χ1) is 20.2. The Bertz CT molecular complexity index is 1650. The lowest BCUT2D eigenvalue weighted by Crippen LogP contribution is -2.25. The van der Waals surface area contributed by atoms with Gasteiger partial charge in [0.2, 0.25) is 0 Å². The first-order valence-corrected chi connectivity index (χ1v) is 14.2. The van der Waals surface area contributed by atoms with Crippen LogP contribution in [0.4, 0.5) is 0 Å². The molecular weight excluding hydrogens is 500 g/mol. The highest BCUT2D eigenvalue weighted by Crippen LogP contribution is 2.46. The molecule has 0 heterocycles.